The number of carbonyl (C=O) groups excluding carboxylic acids is 2. The maximum absolute atomic E-state index is 13.1. The van der Waals surface area contributed by atoms with E-state index in [-0.39, 0.29) is 24.2 Å². The number of rotatable bonds is 10. The molecule has 1 unspecified atom stereocenters. The van der Waals surface area contributed by atoms with Gasteiger partial charge in [-0.2, -0.15) is 0 Å². The van der Waals surface area contributed by atoms with Crippen LogP contribution in [0.25, 0.3) is 0 Å². The van der Waals surface area contributed by atoms with Crippen LogP contribution in [0.2, 0.25) is 0 Å². The predicted octanol–water partition coefficient (Wildman–Crippen LogP) is 4.09. The van der Waals surface area contributed by atoms with E-state index in [0.717, 1.165) is 11.1 Å². The Balaban J connectivity index is 2.19. The molecule has 0 fully saturated rings. The van der Waals surface area contributed by atoms with E-state index in [1.54, 1.807) is 4.90 Å². The van der Waals surface area contributed by atoms with E-state index in [2.05, 4.69) is 5.32 Å². The van der Waals surface area contributed by atoms with Crippen LogP contribution < -0.4 is 10.1 Å². The van der Waals surface area contributed by atoms with Gasteiger partial charge in [-0.1, -0.05) is 45.0 Å². The lowest BCUT2D eigenvalue weighted by Crippen LogP contribution is -2.50. The normalized spacial score (nSPS) is 11.8. The molecule has 0 bridgehead atoms. The minimum Gasteiger partial charge on any atom is -0.484 e. The quantitative estimate of drug-likeness (QED) is 0.637. The van der Waals surface area contributed by atoms with E-state index in [9.17, 15) is 14.0 Å². The van der Waals surface area contributed by atoms with E-state index in [1.165, 1.54) is 24.3 Å². The van der Waals surface area contributed by atoms with Crippen LogP contribution in [-0.4, -0.2) is 35.9 Å². The lowest BCUT2D eigenvalue weighted by atomic mass is 10.1. The molecule has 0 aliphatic carbocycles. The number of aryl methyl sites for hydroxylation is 1. The van der Waals surface area contributed by atoms with Crippen molar-refractivity contribution in [3.63, 3.8) is 0 Å². The van der Waals surface area contributed by atoms with Crippen LogP contribution in [0.4, 0.5) is 4.39 Å². The smallest absolute Gasteiger partial charge is 0.261 e. The highest BCUT2D eigenvalue weighted by molar-refractivity contribution is 5.88. The van der Waals surface area contributed by atoms with Gasteiger partial charge in [0.05, 0.1) is 0 Å². The first kappa shape index (κ1) is 23.4. The number of amides is 2. The summed E-state index contributed by atoms with van der Waals surface area (Å²) < 4.78 is 18.6. The van der Waals surface area contributed by atoms with Crippen LogP contribution in [-0.2, 0) is 16.1 Å². The summed E-state index contributed by atoms with van der Waals surface area (Å²) in [6, 6.07) is 12.7. The molecule has 162 valence electrons. The van der Waals surface area contributed by atoms with Crippen LogP contribution in [0.1, 0.15) is 38.3 Å². The van der Waals surface area contributed by atoms with Gasteiger partial charge in [-0.15, -0.1) is 0 Å². The summed E-state index contributed by atoms with van der Waals surface area (Å²) in [6.45, 7) is 8.54. The lowest BCUT2D eigenvalue weighted by Gasteiger charge is -2.31. The Morgan fingerprint density at radius 1 is 1.10 bits per heavy atom. The molecule has 1 N–H and O–H groups in total. The summed E-state index contributed by atoms with van der Waals surface area (Å²) in [4.78, 5) is 27.5. The first-order valence-electron chi connectivity index (χ1n) is 10.3. The van der Waals surface area contributed by atoms with Crippen molar-refractivity contribution in [3.8, 4) is 5.75 Å². The molecular weight excluding hydrogens is 383 g/mol. The highest BCUT2D eigenvalue weighted by atomic mass is 19.1. The molecule has 2 amide bonds. The molecule has 6 heteroatoms. The molecule has 0 spiro atoms. The zero-order valence-corrected chi connectivity index (χ0v) is 18.2. The standard InChI is InChI=1S/C24H31FN2O3/c1-5-22(24(29)26-14-17(2)3)27(15-19-9-7-6-8-18(19)4)23(28)16-30-21-12-10-20(25)11-13-21/h6-13,17,22H,5,14-16H2,1-4H3,(H,26,29). The summed E-state index contributed by atoms with van der Waals surface area (Å²) in [6.07, 6.45) is 0.484. The Morgan fingerprint density at radius 2 is 1.77 bits per heavy atom. The Morgan fingerprint density at radius 3 is 2.37 bits per heavy atom. The molecule has 0 saturated heterocycles. The van der Waals surface area contributed by atoms with E-state index >= 15 is 0 Å². The second-order valence-corrected chi connectivity index (χ2v) is 7.75. The van der Waals surface area contributed by atoms with Crippen LogP contribution in [0.15, 0.2) is 48.5 Å². The minimum absolute atomic E-state index is 0.171. The van der Waals surface area contributed by atoms with E-state index in [4.69, 9.17) is 4.74 Å². The van der Waals surface area contributed by atoms with Gasteiger partial charge in [-0.25, -0.2) is 4.39 Å². The number of nitrogens with one attached hydrogen (secondary N) is 1. The molecule has 0 aromatic heterocycles. The van der Waals surface area contributed by atoms with Crippen LogP contribution in [0, 0.1) is 18.7 Å². The maximum Gasteiger partial charge on any atom is 0.261 e. The van der Waals surface area contributed by atoms with Gasteiger partial charge in [-0.3, -0.25) is 9.59 Å². The molecule has 5 nitrogen and oxygen atoms in total. The average molecular weight is 415 g/mol. The summed E-state index contributed by atoms with van der Waals surface area (Å²) in [7, 11) is 0. The van der Waals surface area contributed by atoms with Crippen molar-refractivity contribution < 1.29 is 18.7 Å². The molecule has 2 aromatic carbocycles. The summed E-state index contributed by atoms with van der Waals surface area (Å²) in [5.41, 5.74) is 2.02. The molecule has 1 atom stereocenters. The van der Waals surface area contributed by atoms with Crippen LogP contribution >= 0.6 is 0 Å². The van der Waals surface area contributed by atoms with Gasteiger partial charge in [0.1, 0.15) is 17.6 Å². The monoisotopic (exact) mass is 414 g/mol. The third-order valence-electron chi connectivity index (χ3n) is 4.85. The largest absolute Gasteiger partial charge is 0.484 e. The first-order chi connectivity index (χ1) is 14.3. The molecule has 0 aliphatic rings. The second kappa shape index (κ2) is 11.3. The van der Waals surface area contributed by atoms with E-state index in [0.29, 0.717) is 31.2 Å². The first-order valence-corrected chi connectivity index (χ1v) is 10.3. The van der Waals surface area contributed by atoms with Crippen molar-refractivity contribution in [2.45, 2.75) is 46.7 Å². The van der Waals surface area contributed by atoms with Crippen LogP contribution in [0.5, 0.6) is 5.75 Å². The average Bonchev–Trinajstić information content (AvgIpc) is 2.72. The van der Waals surface area contributed by atoms with Gasteiger partial charge in [0.25, 0.3) is 5.91 Å². The highest BCUT2D eigenvalue weighted by Crippen LogP contribution is 2.17. The summed E-state index contributed by atoms with van der Waals surface area (Å²) in [5.74, 6) is -0.126. The Bertz CT molecular complexity index is 837. The second-order valence-electron chi connectivity index (χ2n) is 7.75. The SMILES string of the molecule is CCC(C(=O)NCC(C)C)N(Cc1ccccc1C)C(=O)COc1ccc(F)cc1. The number of hydrogen-bond acceptors (Lipinski definition) is 3. The van der Waals surface area contributed by atoms with Crippen molar-refractivity contribution in [1.82, 2.24) is 10.2 Å². The number of hydrogen-bond donors (Lipinski definition) is 1. The van der Waals surface area contributed by atoms with Crippen molar-refractivity contribution in [2.24, 2.45) is 5.92 Å². The molecular formula is C24H31FN2O3. The number of ether oxygens (including phenoxy) is 1. The molecule has 2 rings (SSSR count). The van der Waals surface area contributed by atoms with Gasteiger partial charge in [0, 0.05) is 13.1 Å². The van der Waals surface area contributed by atoms with Gasteiger partial charge >= 0.3 is 0 Å². The molecule has 30 heavy (non-hydrogen) atoms. The third kappa shape index (κ3) is 6.87. The molecule has 0 radical (unpaired) electrons. The van der Waals surface area contributed by atoms with Gasteiger partial charge < -0.3 is 15.0 Å². The molecule has 0 saturated carbocycles. The zero-order chi connectivity index (χ0) is 22.1. The zero-order valence-electron chi connectivity index (χ0n) is 18.2. The predicted molar refractivity (Wildman–Crippen MR) is 116 cm³/mol. The van der Waals surface area contributed by atoms with Crippen molar-refractivity contribution >= 4 is 11.8 Å². The highest BCUT2D eigenvalue weighted by Gasteiger charge is 2.29. The molecule has 0 heterocycles. The third-order valence-corrected chi connectivity index (χ3v) is 4.85. The molecule has 2 aromatic rings. The fourth-order valence-corrected chi connectivity index (χ4v) is 3.07. The number of benzene rings is 2. The number of nitrogens with zero attached hydrogens (tertiary/aromatic N) is 1. The maximum atomic E-state index is 13.1. The van der Waals surface area contributed by atoms with Gasteiger partial charge in [-0.05, 0) is 54.7 Å². The number of carbonyl (C=O) groups is 2. The minimum atomic E-state index is -0.604. The lowest BCUT2D eigenvalue weighted by molar-refractivity contribution is -0.143. The van der Waals surface area contributed by atoms with Gasteiger partial charge in [0.2, 0.25) is 5.91 Å². The number of halogens is 1. The Kier molecular flexibility index (Phi) is 8.84. The van der Waals surface area contributed by atoms with Gasteiger partial charge in [0.15, 0.2) is 6.61 Å². The fraction of sp³-hybridized carbons (Fsp3) is 0.417. The van der Waals surface area contributed by atoms with E-state index < -0.39 is 6.04 Å². The van der Waals surface area contributed by atoms with Crippen molar-refractivity contribution in [2.75, 3.05) is 13.2 Å². The van der Waals surface area contributed by atoms with Crippen LogP contribution in [0.3, 0.4) is 0 Å². The topological polar surface area (TPSA) is 58.6 Å². The molecule has 0 aliphatic heterocycles. The van der Waals surface area contributed by atoms with Crippen molar-refractivity contribution in [3.05, 3.63) is 65.5 Å². The Labute approximate surface area is 178 Å². The van der Waals surface area contributed by atoms with E-state index in [1.807, 2.05) is 52.0 Å². The summed E-state index contributed by atoms with van der Waals surface area (Å²) in [5, 5.41) is 2.93. The van der Waals surface area contributed by atoms with Crippen molar-refractivity contribution in [1.29, 1.82) is 0 Å². The fourth-order valence-electron chi connectivity index (χ4n) is 3.07. The Hall–Kier alpha value is -2.89. The summed E-state index contributed by atoms with van der Waals surface area (Å²) >= 11 is 0.